The molecule has 0 amide bonds. The Balaban J connectivity index is 2.27. The van der Waals surface area contributed by atoms with Gasteiger partial charge in [-0.3, -0.25) is 4.72 Å². The van der Waals surface area contributed by atoms with Gasteiger partial charge in [0.15, 0.2) is 4.34 Å². The summed E-state index contributed by atoms with van der Waals surface area (Å²) in [5.74, 6) is 0.821. The predicted molar refractivity (Wildman–Crippen MR) is 98.8 cm³/mol. The third-order valence-corrected chi connectivity index (χ3v) is 6.49. The molecule has 9 heteroatoms. The quantitative estimate of drug-likeness (QED) is 0.724. The van der Waals surface area contributed by atoms with Crippen LogP contribution in [-0.4, -0.2) is 31.0 Å². The molecule has 0 aliphatic carbocycles. The highest BCUT2D eigenvalue weighted by Crippen LogP contribution is 2.32. The summed E-state index contributed by atoms with van der Waals surface area (Å²) >= 11 is 2.77. The monoisotopic (exact) mass is 387 g/mol. The second-order valence-corrected chi connectivity index (χ2v) is 10.2. The number of sulfonamides is 1. The maximum Gasteiger partial charge on any atom is 0.263 e. The van der Waals surface area contributed by atoms with Crippen molar-refractivity contribution in [1.29, 1.82) is 0 Å². The summed E-state index contributed by atoms with van der Waals surface area (Å²) in [5, 5.41) is 8.52. The maximum atomic E-state index is 12.6. The molecule has 24 heavy (non-hydrogen) atoms. The van der Waals surface area contributed by atoms with Crippen LogP contribution >= 0.6 is 23.1 Å². The van der Waals surface area contributed by atoms with Crippen LogP contribution in [0.1, 0.15) is 39.2 Å². The minimum absolute atomic E-state index is 0.144. The number of hydrogen-bond donors (Lipinski definition) is 1. The van der Waals surface area contributed by atoms with E-state index in [0.29, 0.717) is 11.0 Å². The van der Waals surface area contributed by atoms with Crippen LogP contribution < -0.4 is 9.46 Å². The maximum absolute atomic E-state index is 12.6. The number of hydrogen-bond acceptors (Lipinski definition) is 7. The predicted octanol–water partition coefficient (Wildman–Crippen LogP) is 3.97. The number of benzene rings is 1. The Bertz CT molecular complexity index is 801. The summed E-state index contributed by atoms with van der Waals surface area (Å²) < 4.78 is 33.7. The number of nitrogens with zero attached hydrogens (tertiary/aromatic N) is 2. The summed E-state index contributed by atoms with van der Waals surface area (Å²) in [7, 11) is -2.14. The van der Waals surface area contributed by atoms with Gasteiger partial charge in [-0.15, -0.1) is 10.2 Å². The van der Waals surface area contributed by atoms with Crippen molar-refractivity contribution in [3.05, 3.63) is 23.8 Å². The summed E-state index contributed by atoms with van der Waals surface area (Å²) in [4.78, 5) is 0.181. The van der Waals surface area contributed by atoms with E-state index in [2.05, 4.69) is 14.9 Å². The molecule has 1 aromatic heterocycles. The lowest BCUT2D eigenvalue weighted by Crippen LogP contribution is -2.13. The van der Waals surface area contributed by atoms with E-state index in [-0.39, 0.29) is 15.9 Å². The van der Waals surface area contributed by atoms with E-state index in [4.69, 9.17) is 4.74 Å². The van der Waals surface area contributed by atoms with Gasteiger partial charge >= 0.3 is 0 Å². The molecular formula is C15H21N3O3S3. The van der Waals surface area contributed by atoms with Gasteiger partial charge in [0.1, 0.15) is 5.75 Å². The molecule has 0 fully saturated rings. The van der Waals surface area contributed by atoms with Crippen LogP contribution in [0.2, 0.25) is 0 Å². The highest BCUT2D eigenvalue weighted by atomic mass is 32.2. The van der Waals surface area contributed by atoms with E-state index in [0.717, 1.165) is 9.90 Å². The van der Waals surface area contributed by atoms with Crippen LogP contribution in [0.25, 0.3) is 0 Å². The normalized spacial score (nSPS) is 12.0. The van der Waals surface area contributed by atoms with Gasteiger partial charge in [0.2, 0.25) is 5.13 Å². The van der Waals surface area contributed by atoms with E-state index in [1.54, 1.807) is 31.0 Å². The fraction of sp³-hybridized carbons (Fsp3) is 0.467. The molecule has 0 bridgehead atoms. The fourth-order valence-corrected chi connectivity index (χ4v) is 5.25. The second-order valence-electron chi connectivity index (χ2n) is 5.70. The van der Waals surface area contributed by atoms with Gasteiger partial charge in [0, 0.05) is 5.25 Å². The highest BCUT2D eigenvalue weighted by Gasteiger charge is 2.20. The molecule has 1 N–H and O–H groups in total. The Morgan fingerprint density at radius 1 is 1.21 bits per heavy atom. The first-order valence-corrected chi connectivity index (χ1v) is 10.6. The molecule has 2 aromatic rings. The first-order valence-electron chi connectivity index (χ1n) is 7.44. The zero-order chi connectivity index (χ0) is 17.9. The largest absolute Gasteiger partial charge is 0.496 e. The van der Waals surface area contributed by atoms with Crippen molar-refractivity contribution in [2.45, 2.75) is 48.1 Å². The van der Waals surface area contributed by atoms with Crippen molar-refractivity contribution in [2.75, 3.05) is 11.8 Å². The van der Waals surface area contributed by atoms with E-state index in [1.165, 1.54) is 17.4 Å². The summed E-state index contributed by atoms with van der Waals surface area (Å²) in [5.41, 5.74) is 0.841. The zero-order valence-electron chi connectivity index (χ0n) is 14.2. The molecule has 0 aliphatic rings. The number of anilines is 1. The van der Waals surface area contributed by atoms with Crippen LogP contribution in [0.4, 0.5) is 5.13 Å². The van der Waals surface area contributed by atoms with E-state index in [1.807, 2.05) is 27.7 Å². The van der Waals surface area contributed by atoms with Crippen LogP contribution in [0.15, 0.2) is 27.4 Å². The second kappa shape index (κ2) is 7.71. The smallest absolute Gasteiger partial charge is 0.263 e. The van der Waals surface area contributed by atoms with Gasteiger partial charge in [-0.2, -0.15) is 0 Å². The van der Waals surface area contributed by atoms with Gasteiger partial charge in [0.05, 0.1) is 12.0 Å². The van der Waals surface area contributed by atoms with Crippen molar-refractivity contribution in [3.63, 3.8) is 0 Å². The van der Waals surface area contributed by atoms with Crippen LogP contribution in [-0.2, 0) is 10.0 Å². The number of nitrogens with one attached hydrogen (secondary N) is 1. The molecule has 0 spiro atoms. The average molecular weight is 388 g/mol. The van der Waals surface area contributed by atoms with Crippen LogP contribution in [0.3, 0.4) is 0 Å². The highest BCUT2D eigenvalue weighted by molar-refractivity contribution is 8.01. The van der Waals surface area contributed by atoms with Gasteiger partial charge in [-0.05, 0) is 29.7 Å². The lowest BCUT2D eigenvalue weighted by atomic mass is 10.0. The molecule has 2 rings (SSSR count). The molecule has 0 radical (unpaired) electrons. The summed E-state index contributed by atoms with van der Waals surface area (Å²) in [6, 6.07) is 4.83. The van der Waals surface area contributed by atoms with E-state index >= 15 is 0 Å². The zero-order valence-corrected chi connectivity index (χ0v) is 16.7. The number of rotatable bonds is 7. The Morgan fingerprint density at radius 3 is 2.50 bits per heavy atom. The molecule has 6 nitrogen and oxygen atoms in total. The Kier molecular flexibility index (Phi) is 6.11. The first-order chi connectivity index (χ1) is 11.2. The molecule has 0 aliphatic heterocycles. The molecule has 0 atom stereocenters. The SMILES string of the molecule is COc1ccc(S(=O)(=O)Nc2nnc(SC(C)C)s2)cc1C(C)C. The van der Waals surface area contributed by atoms with Crippen molar-refractivity contribution >= 4 is 38.3 Å². The molecular weight excluding hydrogens is 366 g/mol. The lowest BCUT2D eigenvalue weighted by Gasteiger charge is -2.13. The summed E-state index contributed by atoms with van der Waals surface area (Å²) in [6.45, 7) is 8.06. The van der Waals surface area contributed by atoms with E-state index < -0.39 is 10.0 Å². The Morgan fingerprint density at radius 2 is 1.92 bits per heavy atom. The first kappa shape index (κ1) is 19.0. The number of methoxy groups -OCH3 is 1. The van der Waals surface area contributed by atoms with Gasteiger partial charge in [-0.25, -0.2) is 8.42 Å². The van der Waals surface area contributed by atoms with E-state index in [9.17, 15) is 8.42 Å². The number of ether oxygens (including phenoxy) is 1. The third-order valence-electron chi connectivity index (χ3n) is 3.10. The van der Waals surface area contributed by atoms with Gasteiger partial charge in [0.25, 0.3) is 10.0 Å². The molecule has 0 unspecified atom stereocenters. The van der Waals surface area contributed by atoms with Crippen molar-refractivity contribution in [1.82, 2.24) is 10.2 Å². The molecule has 1 heterocycles. The van der Waals surface area contributed by atoms with Gasteiger partial charge < -0.3 is 4.74 Å². The van der Waals surface area contributed by atoms with Crippen LogP contribution in [0, 0.1) is 0 Å². The topological polar surface area (TPSA) is 81.2 Å². The standard InChI is InChI=1S/C15H21N3O3S3/c1-9(2)12-8-11(6-7-13(12)21-5)24(19,20)18-14-16-17-15(23-14)22-10(3)4/h6-10H,1-5H3,(H,16,18). The van der Waals surface area contributed by atoms with Gasteiger partial charge in [-0.1, -0.05) is 50.8 Å². The van der Waals surface area contributed by atoms with Crippen LogP contribution in [0.5, 0.6) is 5.75 Å². The fourth-order valence-electron chi connectivity index (χ4n) is 2.00. The minimum atomic E-state index is -3.72. The number of aromatic nitrogens is 2. The molecule has 1 aromatic carbocycles. The van der Waals surface area contributed by atoms with Crippen molar-refractivity contribution < 1.29 is 13.2 Å². The average Bonchev–Trinajstić information content (AvgIpc) is 2.91. The molecule has 0 saturated carbocycles. The van der Waals surface area contributed by atoms with Crippen molar-refractivity contribution in [3.8, 4) is 5.75 Å². The molecule has 132 valence electrons. The lowest BCUT2D eigenvalue weighted by molar-refractivity contribution is 0.407. The summed E-state index contributed by atoms with van der Waals surface area (Å²) in [6.07, 6.45) is 0. The Labute approximate surface area is 151 Å². The Hall–Kier alpha value is -1.32. The van der Waals surface area contributed by atoms with Crippen molar-refractivity contribution in [2.24, 2.45) is 0 Å². The molecule has 0 saturated heterocycles. The minimum Gasteiger partial charge on any atom is -0.496 e. The third kappa shape index (κ3) is 4.61. The number of thioether (sulfide) groups is 1.